The Labute approximate surface area is 286 Å². The van der Waals surface area contributed by atoms with Crippen molar-refractivity contribution >= 4 is 46.6 Å². The maximum Gasteiger partial charge on any atom is 3.00 e. The maximum atomic E-state index is 11.6. The largest absolute Gasteiger partial charge is 3.00 e. The molecule has 1 radical (unpaired) electrons. The third-order valence-electron chi connectivity index (χ3n) is 5.78. The molecule has 0 aliphatic carbocycles. The van der Waals surface area contributed by atoms with Crippen molar-refractivity contribution in [2.24, 2.45) is 0 Å². The second-order valence-corrected chi connectivity index (χ2v) is 8.70. The van der Waals surface area contributed by atoms with Crippen molar-refractivity contribution in [1.82, 2.24) is 14.9 Å². The Morgan fingerprint density at radius 3 is 2.55 bits per heavy atom. The van der Waals surface area contributed by atoms with Crippen LogP contribution in [-0.2, 0) is 4.79 Å². The predicted molar refractivity (Wildman–Crippen MR) is 164 cm³/mol. The van der Waals surface area contributed by atoms with Gasteiger partial charge in [-0.25, -0.2) is 9.78 Å². The summed E-state index contributed by atoms with van der Waals surface area (Å²) in [7, 11) is 1.56. The number of carboxylic acid groups (broad SMARTS) is 1. The van der Waals surface area contributed by atoms with Crippen LogP contribution in [-0.4, -0.2) is 65.3 Å². The number of methoxy groups -OCH3 is 1. The molecule has 13 heteroatoms. The summed E-state index contributed by atoms with van der Waals surface area (Å²) in [5, 5.41) is 15.3. The number of ether oxygens (including phenoxy) is 2. The van der Waals surface area contributed by atoms with Crippen molar-refractivity contribution in [2.75, 3.05) is 48.8 Å². The molecule has 11 nitrogen and oxygen atoms in total. The second kappa shape index (κ2) is 18.4. The molecule has 1 fully saturated rings. The first-order valence-corrected chi connectivity index (χ1v) is 12.2. The minimum Gasteiger partial charge on any atom is -0.494 e. The molecule has 0 bridgehead atoms. The molecule has 2 heterocycles. The van der Waals surface area contributed by atoms with Gasteiger partial charge in [0, 0.05) is 49.7 Å². The van der Waals surface area contributed by atoms with Crippen LogP contribution >= 0.6 is 11.6 Å². The SMILES string of the molecule is C=CC(=O)Nc1cccc(Oc2nc(Nc3ccc(N4CCCN(C(=O)O)CC4)cc3OC)ncc2Cl)c1.[CH3-].[CH3-].[CH3-].[Ce+3]. The van der Waals surface area contributed by atoms with Gasteiger partial charge in [-0.3, -0.25) is 4.79 Å². The number of rotatable bonds is 8. The van der Waals surface area contributed by atoms with Gasteiger partial charge in [-0.05, 0) is 36.8 Å². The van der Waals surface area contributed by atoms with Gasteiger partial charge in [-0.1, -0.05) is 24.2 Å². The number of hydrogen-bond donors (Lipinski definition) is 3. The van der Waals surface area contributed by atoms with E-state index in [1.807, 2.05) is 18.2 Å². The summed E-state index contributed by atoms with van der Waals surface area (Å²) in [4.78, 5) is 35.1. The number of hydrogen-bond acceptors (Lipinski definition) is 8. The predicted octanol–water partition coefficient (Wildman–Crippen LogP) is 6.34. The number of benzene rings is 2. The molecule has 0 spiro atoms. The number of halogens is 1. The zero-order chi connectivity index (χ0) is 27.1. The minimum atomic E-state index is -0.901. The summed E-state index contributed by atoms with van der Waals surface area (Å²) >= 11 is 6.27. The third-order valence-corrected chi connectivity index (χ3v) is 6.04. The van der Waals surface area contributed by atoms with Crippen molar-refractivity contribution in [3.05, 3.63) is 88.6 Å². The van der Waals surface area contributed by atoms with Gasteiger partial charge in [0.05, 0.1) is 19.0 Å². The molecule has 2 amide bonds. The van der Waals surface area contributed by atoms with Crippen LogP contribution in [0.15, 0.2) is 61.3 Å². The van der Waals surface area contributed by atoms with E-state index < -0.39 is 6.09 Å². The Balaban J connectivity index is 0.00000420. The Bertz CT molecular complexity index is 1350. The van der Waals surface area contributed by atoms with Crippen molar-refractivity contribution in [2.45, 2.75) is 6.42 Å². The van der Waals surface area contributed by atoms with Gasteiger partial charge in [0.25, 0.3) is 0 Å². The van der Waals surface area contributed by atoms with E-state index in [9.17, 15) is 14.7 Å². The van der Waals surface area contributed by atoms with Crippen molar-refractivity contribution in [1.29, 1.82) is 0 Å². The van der Waals surface area contributed by atoms with E-state index in [4.69, 9.17) is 21.1 Å². The van der Waals surface area contributed by atoms with Gasteiger partial charge in [-0.15, -0.1) is 0 Å². The van der Waals surface area contributed by atoms with Crippen molar-refractivity contribution < 1.29 is 65.9 Å². The van der Waals surface area contributed by atoms with Gasteiger partial charge >= 0.3 is 47.8 Å². The van der Waals surface area contributed by atoms with Crippen LogP contribution < -0.4 is 25.0 Å². The molecule has 2 aromatic carbocycles. The molecule has 0 atom stereocenters. The van der Waals surface area contributed by atoms with Gasteiger partial charge in [-0.2, -0.15) is 4.98 Å². The normalized spacial score (nSPS) is 12.0. The van der Waals surface area contributed by atoms with Crippen LogP contribution in [0.2, 0.25) is 5.02 Å². The molecule has 0 unspecified atom stereocenters. The first-order chi connectivity index (χ1) is 18.4. The number of amides is 2. The van der Waals surface area contributed by atoms with E-state index in [2.05, 4.69) is 32.1 Å². The Morgan fingerprint density at radius 1 is 1.10 bits per heavy atom. The molecule has 4 rings (SSSR count). The summed E-state index contributed by atoms with van der Waals surface area (Å²) in [6, 6.07) is 12.4. The van der Waals surface area contributed by atoms with E-state index in [0.29, 0.717) is 42.5 Å². The molecule has 3 aromatic rings. The number of carbonyl (C=O) groups excluding carboxylic acids is 1. The number of nitrogens with one attached hydrogen (secondary N) is 2. The van der Waals surface area contributed by atoms with Crippen LogP contribution in [0.4, 0.5) is 27.8 Å². The molecule has 223 valence electrons. The van der Waals surface area contributed by atoms with E-state index in [1.165, 1.54) is 17.2 Å². The van der Waals surface area contributed by atoms with Crippen molar-refractivity contribution in [3.8, 4) is 17.4 Å². The smallest absolute Gasteiger partial charge is 0.494 e. The van der Waals surface area contributed by atoms with Gasteiger partial charge < -0.3 is 57.3 Å². The first kappa shape index (κ1) is 38.9. The van der Waals surface area contributed by atoms with E-state index in [0.717, 1.165) is 18.7 Å². The zero-order valence-corrected chi connectivity index (χ0v) is 28.1. The molecule has 0 saturated carbocycles. The fraction of sp³-hybridized carbons (Fsp3) is 0.207. The molecule has 1 aromatic heterocycles. The minimum absolute atomic E-state index is 0. The molecule has 42 heavy (non-hydrogen) atoms. The summed E-state index contributed by atoms with van der Waals surface area (Å²) in [6.45, 7) is 5.70. The quantitative estimate of drug-likeness (QED) is 0.180. The molecule has 1 aliphatic rings. The third kappa shape index (κ3) is 10.3. The topological polar surface area (TPSA) is 129 Å². The average Bonchev–Trinajstić information content (AvgIpc) is 3.18. The first-order valence-electron chi connectivity index (χ1n) is 11.8. The van der Waals surface area contributed by atoms with E-state index in [1.54, 1.807) is 31.4 Å². The second-order valence-electron chi connectivity index (χ2n) is 8.29. The summed E-state index contributed by atoms with van der Waals surface area (Å²) in [5.74, 6) is 0.998. The molecule has 3 N–H and O–H groups in total. The average molecular weight is 724 g/mol. The van der Waals surface area contributed by atoms with E-state index in [-0.39, 0.29) is 86.8 Å². The van der Waals surface area contributed by atoms with Crippen molar-refractivity contribution in [3.63, 3.8) is 0 Å². The Hall–Kier alpha value is -3.13. The fourth-order valence-electron chi connectivity index (χ4n) is 3.89. The monoisotopic (exact) mass is 723 g/mol. The Kier molecular flexibility index (Phi) is 17.0. The van der Waals surface area contributed by atoms with Gasteiger partial charge in [0.1, 0.15) is 16.5 Å². The summed E-state index contributed by atoms with van der Waals surface area (Å²) in [5.41, 5.74) is 2.07. The van der Waals surface area contributed by atoms with Crippen LogP contribution in [0, 0.1) is 64.0 Å². The molecular weight excluding hydrogens is 688 g/mol. The van der Waals surface area contributed by atoms with E-state index >= 15 is 0 Å². The zero-order valence-electron chi connectivity index (χ0n) is 24.2. The molecular formula is C29H36CeClN6O5. The number of nitrogens with zero attached hydrogens (tertiary/aromatic N) is 4. The summed E-state index contributed by atoms with van der Waals surface area (Å²) in [6.07, 6.45) is 2.43. The fourth-order valence-corrected chi connectivity index (χ4v) is 4.02. The standard InChI is InChI=1S/C26H27ClN6O5.3CH3.Ce/c1-3-23(34)29-17-6-4-7-19(14-17)38-24-20(27)16-28-25(31-24)30-21-9-8-18(15-22(21)37-2)32-10-5-11-33(13-12-32)26(35)36;;;;/h3-4,6-9,14-16H,1,5,10-13H2,2H3,(H,29,34)(H,35,36)(H,28,30,31);3*1H3;/q;3*-1;+3. The van der Waals surface area contributed by atoms with Gasteiger partial charge in [0.2, 0.25) is 17.7 Å². The van der Waals surface area contributed by atoms with Gasteiger partial charge in [0.15, 0.2) is 0 Å². The maximum absolute atomic E-state index is 11.6. The number of carbonyl (C=O) groups is 2. The number of anilines is 4. The molecule has 1 saturated heterocycles. The molecule has 1 aliphatic heterocycles. The van der Waals surface area contributed by atoms with Crippen LogP contribution in [0.1, 0.15) is 6.42 Å². The summed E-state index contributed by atoms with van der Waals surface area (Å²) < 4.78 is 11.4. The van der Waals surface area contributed by atoms with Crippen LogP contribution in [0.3, 0.4) is 0 Å². The van der Waals surface area contributed by atoms with Crippen LogP contribution in [0.5, 0.6) is 17.4 Å². The van der Waals surface area contributed by atoms with Crippen LogP contribution in [0.25, 0.3) is 0 Å². The Morgan fingerprint density at radius 2 is 1.86 bits per heavy atom. The number of aromatic nitrogens is 2.